The van der Waals surface area contributed by atoms with Crippen LogP contribution in [-0.4, -0.2) is 34.7 Å². The Labute approximate surface area is 160 Å². The van der Waals surface area contributed by atoms with Crippen molar-refractivity contribution in [3.8, 4) is 11.5 Å². The fourth-order valence-corrected chi connectivity index (χ4v) is 4.57. The predicted octanol–water partition coefficient (Wildman–Crippen LogP) is 3.64. The largest absolute Gasteiger partial charge is 0.490 e. The van der Waals surface area contributed by atoms with Gasteiger partial charge in [-0.1, -0.05) is 12.1 Å². The molecule has 0 aromatic heterocycles. The highest BCUT2D eigenvalue weighted by molar-refractivity contribution is 7.92. The first-order valence-electron chi connectivity index (χ1n) is 9.40. The molecule has 27 heavy (non-hydrogen) atoms. The molecule has 0 bridgehead atoms. The number of piperidine rings is 1. The third-order valence-electron chi connectivity index (χ3n) is 4.87. The summed E-state index contributed by atoms with van der Waals surface area (Å²) >= 11 is 0. The summed E-state index contributed by atoms with van der Waals surface area (Å²) < 4.78 is 39.9. The van der Waals surface area contributed by atoms with Gasteiger partial charge in [0.25, 0.3) is 10.0 Å². The number of hydrogen-bond acceptors (Lipinski definition) is 5. The molecule has 0 saturated carbocycles. The second-order valence-electron chi connectivity index (χ2n) is 6.83. The highest BCUT2D eigenvalue weighted by Crippen LogP contribution is 2.34. The number of nitrogens with zero attached hydrogens (tertiary/aromatic N) is 1. The molecule has 4 rings (SSSR count). The topological polar surface area (TPSA) is 67.9 Å². The molecule has 0 unspecified atom stereocenters. The molecule has 0 radical (unpaired) electrons. The minimum absolute atomic E-state index is 0.167. The first-order chi connectivity index (χ1) is 13.1. The Morgan fingerprint density at radius 1 is 0.852 bits per heavy atom. The van der Waals surface area contributed by atoms with Crippen LogP contribution in [0.4, 0.5) is 11.4 Å². The molecule has 144 valence electrons. The standard InChI is InChI=1S/C20H24N2O4S/c23-27(24,16-9-10-19-20(15-16)26-14-6-13-25-19)21-17-7-2-3-8-18(17)22-11-4-1-5-12-22/h2-3,7-10,15,21H,1,4-6,11-14H2. The zero-order valence-electron chi connectivity index (χ0n) is 15.2. The Morgan fingerprint density at radius 2 is 1.59 bits per heavy atom. The van der Waals surface area contributed by atoms with Crippen LogP contribution in [0.15, 0.2) is 47.4 Å². The fraction of sp³-hybridized carbons (Fsp3) is 0.400. The Hall–Kier alpha value is -2.41. The van der Waals surface area contributed by atoms with Gasteiger partial charge in [0, 0.05) is 25.6 Å². The maximum absolute atomic E-state index is 13.0. The van der Waals surface area contributed by atoms with E-state index in [1.807, 2.05) is 24.3 Å². The van der Waals surface area contributed by atoms with E-state index in [4.69, 9.17) is 9.47 Å². The highest BCUT2D eigenvalue weighted by atomic mass is 32.2. The molecule has 1 N–H and O–H groups in total. The van der Waals surface area contributed by atoms with Gasteiger partial charge in [0.2, 0.25) is 0 Å². The van der Waals surface area contributed by atoms with E-state index in [0.717, 1.165) is 38.0 Å². The number of sulfonamides is 1. The van der Waals surface area contributed by atoms with Gasteiger partial charge in [-0.2, -0.15) is 0 Å². The van der Waals surface area contributed by atoms with Crippen LogP contribution in [0.25, 0.3) is 0 Å². The van der Waals surface area contributed by atoms with Gasteiger partial charge < -0.3 is 14.4 Å². The zero-order valence-corrected chi connectivity index (χ0v) is 16.0. The molecule has 7 heteroatoms. The predicted molar refractivity (Wildman–Crippen MR) is 105 cm³/mol. The van der Waals surface area contributed by atoms with Gasteiger partial charge in [0.05, 0.1) is 29.5 Å². The number of benzene rings is 2. The maximum atomic E-state index is 13.0. The first kappa shape index (κ1) is 18.0. The van der Waals surface area contributed by atoms with Gasteiger partial charge in [-0.05, 0) is 43.5 Å². The SMILES string of the molecule is O=S(=O)(Nc1ccccc1N1CCCCC1)c1ccc2c(c1)OCCCO2. The van der Waals surface area contributed by atoms with Crippen molar-refractivity contribution >= 4 is 21.4 Å². The minimum atomic E-state index is -3.73. The first-order valence-corrected chi connectivity index (χ1v) is 10.9. The lowest BCUT2D eigenvalue weighted by Crippen LogP contribution is -2.30. The average molecular weight is 388 g/mol. The summed E-state index contributed by atoms with van der Waals surface area (Å²) in [7, 11) is -3.73. The maximum Gasteiger partial charge on any atom is 0.262 e. The molecule has 0 aliphatic carbocycles. The smallest absolute Gasteiger partial charge is 0.262 e. The molecule has 0 spiro atoms. The zero-order chi connectivity index (χ0) is 18.7. The van der Waals surface area contributed by atoms with Gasteiger partial charge in [0.1, 0.15) is 0 Å². The molecule has 2 aromatic carbocycles. The molecule has 0 atom stereocenters. The van der Waals surface area contributed by atoms with E-state index in [1.54, 1.807) is 12.1 Å². The second-order valence-corrected chi connectivity index (χ2v) is 8.51. The van der Waals surface area contributed by atoms with Crippen molar-refractivity contribution in [3.63, 3.8) is 0 Å². The quantitative estimate of drug-likeness (QED) is 0.866. The van der Waals surface area contributed by atoms with Gasteiger partial charge >= 0.3 is 0 Å². The van der Waals surface area contributed by atoms with Gasteiger partial charge in [-0.3, -0.25) is 4.72 Å². The molecule has 2 heterocycles. The van der Waals surface area contributed by atoms with E-state index < -0.39 is 10.0 Å². The van der Waals surface area contributed by atoms with E-state index >= 15 is 0 Å². The van der Waals surface area contributed by atoms with Crippen LogP contribution in [-0.2, 0) is 10.0 Å². The Kier molecular flexibility index (Phi) is 5.11. The molecule has 6 nitrogen and oxygen atoms in total. The molecular weight excluding hydrogens is 364 g/mol. The summed E-state index contributed by atoms with van der Waals surface area (Å²) in [6.07, 6.45) is 4.26. The fourth-order valence-electron chi connectivity index (χ4n) is 3.48. The van der Waals surface area contributed by atoms with Crippen LogP contribution in [0.3, 0.4) is 0 Å². The number of anilines is 2. The van der Waals surface area contributed by atoms with Crippen molar-refractivity contribution < 1.29 is 17.9 Å². The average Bonchev–Trinajstić information content (AvgIpc) is 2.93. The minimum Gasteiger partial charge on any atom is -0.490 e. The third-order valence-corrected chi connectivity index (χ3v) is 6.24. The summed E-state index contributed by atoms with van der Waals surface area (Å²) in [5.74, 6) is 1.06. The summed E-state index contributed by atoms with van der Waals surface area (Å²) in [4.78, 5) is 2.41. The number of rotatable bonds is 4. The van der Waals surface area contributed by atoms with Crippen molar-refractivity contribution in [1.82, 2.24) is 0 Å². The van der Waals surface area contributed by atoms with Crippen LogP contribution in [0.1, 0.15) is 25.7 Å². The van der Waals surface area contributed by atoms with Gasteiger partial charge in [0.15, 0.2) is 11.5 Å². The molecule has 2 aromatic rings. The van der Waals surface area contributed by atoms with Crippen molar-refractivity contribution in [3.05, 3.63) is 42.5 Å². The second kappa shape index (κ2) is 7.68. The lowest BCUT2D eigenvalue weighted by Gasteiger charge is -2.30. The number of hydrogen-bond donors (Lipinski definition) is 1. The van der Waals surface area contributed by atoms with E-state index in [1.165, 1.54) is 12.5 Å². The molecule has 2 aliphatic heterocycles. The van der Waals surface area contributed by atoms with Crippen LogP contribution in [0, 0.1) is 0 Å². The van der Waals surface area contributed by atoms with Crippen LogP contribution in [0.5, 0.6) is 11.5 Å². The Morgan fingerprint density at radius 3 is 2.41 bits per heavy atom. The lowest BCUT2D eigenvalue weighted by atomic mass is 10.1. The summed E-state index contributed by atoms with van der Waals surface area (Å²) in [5, 5.41) is 0. The molecular formula is C20H24N2O4S. The van der Waals surface area contributed by atoms with Gasteiger partial charge in [-0.25, -0.2) is 8.42 Å². The molecule has 1 fully saturated rings. The number of nitrogens with one attached hydrogen (secondary N) is 1. The van der Waals surface area contributed by atoms with E-state index in [9.17, 15) is 8.42 Å². The van der Waals surface area contributed by atoms with E-state index in [0.29, 0.717) is 30.4 Å². The Balaban J connectivity index is 1.62. The van der Waals surface area contributed by atoms with Crippen molar-refractivity contribution in [2.24, 2.45) is 0 Å². The molecule has 1 saturated heterocycles. The lowest BCUT2D eigenvalue weighted by molar-refractivity contribution is 0.297. The van der Waals surface area contributed by atoms with Gasteiger partial charge in [-0.15, -0.1) is 0 Å². The van der Waals surface area contributed by atoms with Crippen LogP contribution >= 0.6 is 0 Å². The summed E-state index contributed by atoms with van der Waals surface area (Å²) in [6.45, 7) is 2.98. The molecule has 2 aliphatic rings. The number of ether oxygens (including phenoxy) is 2. The Bertz CT molecular complexity index is 908. The summed E-state index contributed by atoms with van der Waals surface area (Å²) in [6, 6.07) is 12.3. The van der Waals surface area contributed by atoms with E-state index in [-0.39, 0.29) is 4.90 Å². The summed E-state index contributed by atoms with van der Waals surface area (Å²) in [5.41, 5.74) is 1.53. The third kappa shape index (κ3) is 3.98. The van der Waals surface area contributed by atoms with Crippen molar-refractivity contribution in [2.45, 2.75) is 30.6 Å². The number of para-hydroxylation sites is 2. The van der Waals surface area contributed by atoms with E-state index in [2.05, 4.69) is 9.62 Å². The number of fused-ring (bicyclic) bond motifs is 1. The normalized spacial score (nSPS) is 17.3. The monoisotopic (exact) mass is 388 g/mol. The van der Waals surface area contributed by atoms with Crippen LogP contribution < -0.4 is 19.1 Å². The van der Waals surface area contributed by atoms with Crippen LogP contribution in [0.2, 0.25) is 0 Å². The van der Waals surface area contributed by atoms with Crippen molar-refractivity contribution in [2.75, 3.05) is 35.9 Å². The van der Waals surface area contributed by atoms with Crippen molar-refractivity contribution in [1.29, 1.82) is 0 Å². The molecule has 0 amide bonds. The highest BCUT2D eigenvalue weighted by Gasteiger charge is 2.21.